The molecule has 4 nitrogen and oxygen atoms in total. The number of morpholine rings is 1. The maximum atomic E-state index is 12.7. The van der Waals surface area contributed by atoms with Crippen molar-refractivity contribution in [2.75, 3.05) is 26.2 Å². The predicted octanol–water partition coefficient (Wildman–Crippen LogP) is 2.67. The van der Waals surface area contributed by atoms with Gasteiger partial charge in [0.05, 0.1) is 12.2 Å². The standard InChI is InChI=1S/C18H32N2O2/c1-14-11-19(12-15(2)22-14)13-17-8-5-9-20(17)18(21)10-16-6-3-4-7-16/h14-17H,3-13H2,1-2H3. The van der Waals surface area contributed by atoms with Crippen LogP contribution in [0.25, 0.3) is 0 Å². The van der Waals surface area contributed by atoms with E-state index in [1.807, 2.05) is 0 Å². The van der Waals surface area contributed by atoms with E-state index >= 15 is 0 Å². The Kier molecular flexibility index (Phi) is 5.40. The Bertz CT molecular complexity index is 371. The van der Waals surface area contributed by atoms with Gasteiger partial charge in [-0.2, -0.15) is 0 Å². The maximum absolute atomic E-state index is 12.7. The summed E-state index contributed by atoms with van der Waals surface area (Å²) in [5.74, 6) is 1.08. The summed E-state index contributed by atoms with van der Waals surface area (Å²) in [7, 11) is 0. The van der Waals surface area contributed by atoms with Gasteiger partial charge < -0.3 is 9.64 Å². The number of carbonyl (C=O) groups is 1. The molecule has 0 radical (unpaired) electrons. The number of hydrogen-bond donors (Lipinski definition) is 0. The number of ether oxygens (including phenoxy) is 1. The van der Waals surface area contributed by atoms with Crippen molar-refractivity contribution in [2.45, 2.75) is 77.0 Å². The molecule has 1 aliphatic carbocycles. The van der Waals surface area contributed by atoms with Crippen LogP contribution in [-0.2, 0) is 9.53 Å². The van der Waals surface area contributed by atoms with Crippen LogP contribution < -0.4 is 0 Å². The first-order valence-electron chi connectivity index (χ1n) is 9.29. The first kappa shape index (κ1) is 16.3. The number of carbonyl (C=O) groups excluding carboxylic acids is 1. The molecular formula is C18H32N2O2. The van der Waals surface area contributed by atoms with E-state index in [1.165, 1.54) is 38.5 Å². The molecular weight excluding hydrogens is 276 g/mol. The molecule has 22 heavy (non-hydrogen) atoms. The van der Waals surface area contributed by atoms with E-state index in [0.29, 0.717) is 30.1 Å². The van der Waals surface area contributed by atoms with Gasteiger partial charge in [-0.15, -0.1) is 0 Å². The number of likely N-dealkylation sites (tertiary alicyclic amines) is 1. The molecule has 0 N–H and O–H groups in total. The van der Waals surface area contributed by atoms with Crippen LogP contribution in [0.5, 0.6) is 0 Å². The largest absolute Gasteiger partial charge is 0.373 e. The van der Waals surface area contributed by atoms with E-state index in [1.54, 1.807) is 0 Å². The van der Waals surface area contributed by atoms with Crippen molar-refractivity contribution in [3.05, 3.63) is 0 Å². The third-order valence-electron chi connectivity index (χ3n) is 5.60. The lowest BCUT2D eigenvalue weighted by Gasteiger charge is -2.38. The van der Waals surface area contributed by atoms with Crippen LogP contribution in [0.3, 0.4) is 0 Å². The minimum absolute atomic E-state index is 0.313. The van der Waals surface area contributed by atoms with E-state index in [-0.39, 0.29) is 0 Å². The average molecular weight is 308 g/mol. The van der Waals surface area contributed by atoms with Crippen LogP contribution in [0.1, 0.15) is 58.8 Å². The minimum atomic E-state index is 0.313. The third-order valence-corrected chi connectivity index (χ3v) is 5.60. The van der Waals surface area contributed by atoms with E-state index in [9.17, 15) is 4.79 Å². The summed E-state index contributed by atoms with van der Waals surface area (Å²) in [6.07, 6.45) is 8.96. The quantitative estimate of drug-likeness (QED) is 0.800. The zero-order valence-electron chi connectivity index (χ0n) is 14.3. The molecule has 126 valence electrons. The van der Waals surface area contributed by atoms with Crippen LogP contribution in [0.2, 0.25) is 0 Å². The molecule has 0 aromatic rings. The highest BCUT2D eigenvalue weighted by Gasteiger charge is 2.33. The minimum Gasteiger partial charge on any atom is -0.373 e. The Balaban J connectivity index is 1.52. The second kappa shape index (κ2) is 7.31. The summed E-state index contributed by atoms with van der Waals surface area (Å²) >= 11 is 0. The van der Waals surface area contributed by atoms with Crippen LogP contribution in [0, 0.1) is 5.92 Å². The SMILES string of the molecule is CC1CN(CC2CCCN2C(=O)CC2CCCC2)CC(C)O1. The Labute approximate surface area is 135 Å². The summed E-state index contributed by atoms with van der Waals surface area (Å²) in [5, 5.41) is 0. The Morgan fingerprint density at radius 1 is 1.05 bits per heavy atom. The highest BCUT2D eigenvalue weighted by atomic mass is 16.5. The molecule has 1 saturated carbocycles. The Morgan fingerprint density at radius 2 is 1.73 bits per heavy atom. The van der Waals surface area contributed by atoms with Gasteiger partial charge in [-0.05, 0) is 45.4 Å². The van der Waals surface area contributed by atoms with E-state index in [2.05, 4.69) is 23.6 Å². The lowest BCUT2D eigenvalue weighted by atomic mass is 10.0. The summed E-state index contributed by atoms with van der Waals surface area (Å²) in [4.78, 5) is 17.4. The molecule has 4 heteroatoms. The molecule has 3 atom stereocenters. The number of nitrogens with zero attached hydrogens (tertiary/aromatic N) is 2. The van der Waals surface area contributed by atoms with Crippen LogP contribution in [-0.4, -0.2) is 60.1 Å². The Hall–Kier alpha value is -0.610. The summed E-state index contributed by atoms with van der Waals surface area (Å²) in [5.41, 5.74) is 0. The highest BCUT2D eigenvalue weighted by Crippen LogP contribution is 2.30. The average Bonchev–Trinajstić information content (AvgIpc) is 3.08. The van der Waals surface area contributed by atoms with Crippen molar-refractivity contribution in [2.24, 2.45) is 5.92 Å². The Morgan fingerprint density at radius 3 is 2.41 bits per heavy atom. The third kappa shape index (κ3) is 4.02. The lowest BCUT2D eigenvalue weighted by molar-refractivity contribution is -0.134. The predicted molar refractivity (Wildman–Crippen MR) is 87.8 cm³/mol. The van der Waals surface area contributed by atoms with Gasteiger partial charge in [-0.1, -0.05) is 12.8 Å². The molecule has 0 bridgehead atoms. The molecule has 2 heterocycles. The smallest absolute Gasteiger partial charge is 0.223 e. The zero-order chi connectivity index (χ0) is 15.5. The monoisotopic (exact) mass is 308 g/mol. The van der Waals surface area contributed by atoms with Crippen molar-refractivity contribution >= 4 is 5.91 Å². The normalized spacial score (nSPS) is 34.5. The summed E-state index contributed by atoms with van der Waals surface area (Å²) in [6.45, 7) is 8.33. The molecule has 2 aliphatic heterocycles. The van der Waals surface area contributed by atoms with Crippen molar-refractivity contribution < 1.29 is 9.53 Å². The summed E-state index contributed by atoms with van der Waals surface area (Å²) < 4.78 is 5.82. The van der Waals surface area contributed by atoms with Gasteiger partial charge in [-0.25, -0.2) is 0 Å². The number of rotatable bonds is 4. The van der Waals surface area contributed by atoms with Crippen molar-refractivity contribution in [3.8, 4) is 0 Å². The van der Waals surface area contributed by atoms with E-state index in [0.717, 1.165) is 32.6 Å². The van der Waals surface area contributed by atoms with Gasteiger partial charge in [0.15, 0.2) is 0 Å². The fraction of sp³-hybridized carbons (Fsp3) is 0.944. The molecule has 3 aliphatic rings. The van der Waals surface area contributed by atoms with Gasteiger partial charge in [0.1, 0.15) is 0 Å². The first-order chi connectivity index (χ1) is 10.6. The molecule has 0 aromatic carbocycles. The van der Waals surface area contributed by atoms with Crippen molar-refractivity contribution in [1.29, 1.82) is 0 Å². The molecule has 3 rings (SSSR count). The zero-order valence-corrected chi connectivity index (χ0v) is 14.3. The number of amides is 1. The molecule has 0 aromatic heterocycles. The van der Waals surface area contributed by atoms with Crippen molar-refractivity contribution in [3.63, 3.8) is 0 Å². The fourth-order valence-electron chi connectivity index (χ4n) is 4.66. The molecule has 2 saturated heterocycles. The molecule has 1 amide bonds. The van der Waals surface area contributed by atoms with Crippen LogP contribution >= 0.6 is 0 Å². The van der Waals surface area contributed by atoms with Gasteiger partial charge >= 0.3 is 0 Å². The van der Waals surface area contributed by atoms with Gasteiger partial charge in [0.2, 0.25) is 5.91 Å². The van der Waals surface area contributed by atoms with Crippen LogP contribution in [0.4, 0.5) is 0 Å². The second-order valence-electron chi connectivity index (χ2n) is 7.71. The van der Waals surface area contributed by atoms with E-state index in [4.69, 9.17) is 4.74 Å². The van der Waals surface area contributed by atoms with Gasteiger partial charge in [0, 0.05) is 38.6 Å². The van der Waals surface area contributed by atoms with E-state index < -0.39 is 0 Å². The van der Waals surface area contributed by atoms with Crippen molar-refractivity contribution in [1.82, 2.24) is 9.80 Å². The highest BCUT2D eigenvalue weighted by molar-refractivity contribution is 5.77. The molecule has 3 unspecified atom stereocenters. The first-order valence-corrected chi connectivity index (χ1v) is 9.29. The lowest BCUT2D eigenvalue weighted by Crippen LogP contribution is -2.51. The molecule has 0 spiro atoms. The van der Waals surface area contributed by atoms with Gasteiger partial charge in [0.25, 0.3) is 0 Å². The van der Waals surface area contributed by atoms with Crippen LogP contribution in [0.15, 0.2) is 0 Å². The topological polar surface area (TPSA) is 32.8 Å². The summed E-state index contributed by atoms with van der Waals surface area (Å²) in [6, 6.07) is 0.436. The number of hydrogen-bond acceptors (Lipinski definition) is 3. The second-order valence-corrected chi connectivity index (χ2v) is 7.71. The fourth-order valence-corrected chi connectivity index (χ4v) is 4.66. The molecule has 3 fully saturated rings. The van der Waals surface area contributed by atoms with Gasteiger partial charge in [-0.3, -0.25) is 9.69 Å². The maximum Gasteiger partial charge on any atom is 0.223 e.